The number of aromatic nitrogens is 4. The first kappa shape index (κ1) is 17.9. The third-order valence-corrected chi connectivity index (χ3v) is 5.53. The monoisotopic (exact) mass is 421 g/mol. The predicted molar refractivity (Wildman–Crippen MR) is 116 cm³/mol. The van der Waals surface area contributed by atoms with Crippen LogP contribution in [0.25, 0.3) is 5.69 Å². The van der Waals surface area contributed by atoms with Gasteiger partial charge in [0.1, 0.15) is 11.6 Å². The number of anilines is 2. The van der Waals surface area contributed by atoms with Crippen molar-refractivity contribution >= 4 is 35.5 Å². The fourth-order valence-corrected chi connectivity index (χ4v) is 4.31. The number of nitrogens with zero attached hydrogens (tertiary/aromatic N) is 2. The van der Waals surface area contributed by atoms with Crippen molar-refractivity contribution in [2.45, 2.75) is 12.8 Å². The smallest absolute Gasteiger partial charge is 0.257 e. The van der Waals surface area contributed by atoms with Gasteiger partial charge in [0.25, 0.3) is 5.56 Å². The van der Waals surface area contributed by atoms with Crippen LogP contribution in [0, 0.1) is 11.7 Å². The van der Waals surface area contributed by atoms with Crippen LogP contribution in [-0.4, -0.2) is 19.7 Å². The minimum absolute atomic E-state index is 0.237. The van der Waals surface area contributed by atoms with E-state index in [9.17, 15) is 4.79 Å². The summed E-state index contributed by atoms with van der Waals surface area (Å²) < 4.78 is 2.11. The van der Waals surface area contributed by atoms with Crippen molar-refractivity contribution in [1.82, 2.24) is 19.7 Å². The first-order chi connectivity index (χ1) is 14.0. The zero-order valence-corrected chi connectivity index (χ0v) is 16.9. The van der Waals surface area contributed by atoms with Crippen LogP contribution in [0.5, 0.6) is 0 Å². The van der Waals surface area contributed by atoms with Gasteiger partial charge in [0.15, 0.2) is 4.77 Å². The molecule has 2 aromatic heterocycles. The summed E-state index contributed by atoms with van der Waals surface area (Å²) in [6.07, 6.45) is 0. The third kappa shape index (κ3) is 2.90. The zero-order valence-electron chi connectivity index (χ0n) is 15.4. The molecule has 4 aromatic rings. The van der Waals surface area contributed by atoms with E-state index in [1.54, 1.807) is 0 Å². The molecular formula is C21H16ClN5OS. The van der Waals surface area contributed by atoms with Crippen LogP contribution < -0.4 is 10.9 Å². The molecule has 0 fully saturated rings. The van der Waals surface area contributed by atoms with Gasteiger partial charge in [0.05, 0.1) is 16.9 Å². The van der Waals surface area contributed by atoms with Crippen molar-refractivity contribution in [3.63, 3.8) is 0 Å². The number of halogens is 1. The number of para-hydroxylation sites is 1. The van der Waals surface area contributed by atoms with Gasteiger partial charge in [-0.15, -0.1) is 0 Å². The molecule has 8 heteroatoms. The van der Waals surface area contributed by atoms with Crippen LogP contribution in [0.4, 0.5) is 11.6 Å². The second kappa shape index (κ2) is 6.72. The largest absolute Gasteiger partial charge is 0.326 e. The SMILES string of the molecule is Cc1nn(-c2ccccc2)c2c1C(c1cccc(Cl)c1)c1c([nH]c(=S)[nH]c1=O)N2. The lowest BCUT2D eigenvalue weighted by Gasteiger charge is -2.27. The highest BCUT2D eigenvalue weighted by molar-refractivity contribution is 7.71. The molecule has 6 nitrogen and oxygen atoms in total. The van der Waals surface area contributed by atoms with Gasteiger partial charge in [0, 0.05) is 16.5 Å². The quantitative estimate of drug-likeness (QED) is 0.357. The summed E-state index contributed by atoms with van der Waals surface area (Å²) in [5.41, 5.74) is 3.91. The Labute approximate surface area is 176 Å². The molecule has 144 valence electrons. The fraction of sp³-hybridized carbons (Fsp3) is 0.0952. The molecule has 1 aliphatic heterocycles. The molecule has 29 heavy (non-hydrogen) atoms. The molecule has 3 N–H and O–H groups in total. The highest BCUT2D eigenvalue weighted by Gasteiger charge is 2.35. The molecule has 3 heterocycles. The van der Waals surface area contributed by atoms with E-state index in [0.29, 0.717) is 16.4 Å². The van der Waals surface area contributed by atoms with Gasteiger partial charge in [0.2, 0.25) is 0 Å². The maximum absolute atomic E-state index is 12.9. The van der Waals surface area contributed by atoms with Crippen LogP contribution in [0.1, 0.15) is 28.3 Å². The third-order valence-electron chi connectivity index (χ3n) is 5.09. The second-order valence-electron chi connectivity index (χ2n) is 6.90. The maximum atomic E-state index is 12.9. The van der Waals surface area contributed by atoms with Crippen LogP contribution >= 0.6 is 23.8 Å². The molecule has 0 saturated heterocycles. The zero-order chi connectivity index (χ0) is 20.1. The standard InChI is InChI=1S/C21H16ClN5OS/c1-11-15-16(12-6-5-7-13(22)10-12)17-18(24-21(29)25-20(17)28)23-19(15)27(26-11)14-8-3-2-4-9-14/h2-10,16H,1H3,(H3,23,24,25,28,29). The lowest BCUT2D eigenvalue weighted by molar-refractivity contribution is 0.863. The number of benzene rings is 2. The van der Waals surface area contributed by atoms with Crippen LogP contribution in [0.15, 0.2) is 59.4 Å². The van der Waals surface area contributed by atoms with Crippen LogP contribution in [0.2, 0.25) is 5.02 Å². The summed E-state index contributed by atoms with van der Waals surface area (Å²) >= 11 is 11.5. The normalized spacial score (nSPS) is 14.8. The Bertz CT molecular complexity index is 1360. The van der Waals surface area contributed by atoms with Gasteiger partial charge in [-0.25, -0.2) is 4.68 Å². The minimum Gasteiger partial charge on any atom is -0.326 e. The highest BCUT2D eigenvalue weighted by Crippen LogP contribution is 2.45. The Morgan fingerprint density at radius 2 is 1.86 bits per heavy atom. The number of rotatable bonds is 2. The van der Waals surface area contributed by atoms with Gasteiger partial charge in [-0.2, -0.15) is 5.10 Å². The molecule has 1 aliphatic rings. The van der Waals surface area contributed by atoms with E-state index >= 15 is 0 Å². The van der Waals surface area contributed by atoms with Crippen molar-refractivity contribution in [1.29, 1.82) is 0 Å². The van der Waals surface area contributed by atoms with Gasteiger partial charge in [-0.1, -0.05) is 41.9 Å². The molecule has 1 atom stereocenters. The van der Waals surface area contributed by atoms with Crippen LogP contribution in [0.3, 0.4) is 0 Å². The average molecular weight is 422 g/mol. The predicted octanol–water partition coefficient (Wildman–Crippen LogP) is 4.82. The van der Waals surface area contributed by atoms with E-state index in [-0.39, 0.29) is 16.2 Å². The maximum Gasteiger partial charge on any atom is 0.257 e. The van der Waals surface area contributed by atoms with Crippen molar-refractivity contribution in [2.24, 2.45) is 0 Å². The van der Waals surface area contributed by atoms with Gasteiger partial charge in [-0.05, 0) is 49.0 Å². The molecule has 0 bridgehead atoms. The lowest BCUT2D eigenvalue weighted by atomic mass is 9.83. The number of hydrogen-bond donors (Lipinski definition) is 3. The summed E-state index contributed by atoms with van der Waals surface area (Å²) in [5.74, 6) is 1.02. The summed E-state index contributed by atoms with van der Waals surface area (Å²) in [5, 5.41) is 8.72. The molecule has 0 aliphatic carbocycles. The topological polar surface area (TPSA) is 78.5 Å². The van der Waals surface area contributed by atoms with Gasteiger partial charge < -0.3 is 10.3 Å². The lowest BCUT2D eigenvalue weighted by Crippen LogP contribution is -2.26. The van der Waals surface area contributed by atoms with E-state index in [0.717, 1.165) is 28.3 Å². The number of hydrogen-bond acceptors (Lipinski definition) is 4. The van der Waals surface area contributed by atoms with E-state index < -0.39 is 0 Å². The minimum atomic E-state index is -0.340. The molecule has 0 spiro atoms. The number of aryl methyl sites for hydroxylation is 1. The Morgan fingerprint density at radius 1 is 1.07 bits per heavy atom. The van der Waals surface area contributed by atoms with Crippen molar-refractivity contribution in [2.75, 3.05) is 5.32 Å². The van der Waals surface area contributed by atoms with Gasteiger partial charge in [-0.3, -0.25) is 9.78 Å². The van der Waals surface area contributed by atoms with Crippen molar-refractivity contribution in [3.05, 3.63) is 97.1 Å². The van der Waals surface area contributed by atoms with E-state index in [4.69, 9.17) is 28.9 Å². The van der Waals surface area contributed by atoms with E-state index in [2.05, 4.69) is 15.3 Å². The summed E-state index contributed by atoms with van der Waals surface area (Å²) in [7, 11) is 0. The summed E-state index contributed by atoms with van der Waals surface area (Å²) in [6.45, 7) is 1.95. The average Bonchev–Trinajstić information content (AvgIpc) is 3.03. The Balaban J connectivity index is 1.84. The van der Waals surface area contributed by atoms with E-state index in [1.165, 1.54) is 0 Å². The Hall–Kier alpha value is -3.16. The Morgan fingerprint density at radius 3 is 2.62 bits per heavy atom. The first-order valence-corrected chi connectivity index (χ1v) is 9.85. The first-order valence-electron chi connectivity index (χ1n) is 9.07. The molecule has 2 aromatic carbocycles. The molecule has 5 rings (SSSR count). The Kier molecular flexibility index (Phi) is 4.15. The molecule has 0 saturated carbocycles. The summed E-state index contributed by atoms with van der Waals surface area (Å²) in [4.78, 5) is 18.7. The van der Waals surface area contributed by atoms with Crippen molar-refractivity contribution < 1.29 is 0 Å². The molecular weight excluding hydrogens is 406 g/mol. The molecule has 0 amide bonds. The van der Waals surface area contributed by atoms with Gasteiger partial charge >= 0.3 is 0 Å². The number of H-pyrrole nitrogens is 2. The number of fused-ring (bicyclic) bond motifs is 2. The second-order valence-corrected chi connectivity index (χ2v) is 7.75. The van der Waals surface area contributed by atoms with Crippen LogP contribution in [-0.2, 0) is 0 Å². The number of aromatic amines is 2. The van der Waals surface area contributed by atoms with Crippen molar-refractivity contribution in [3.8, 4) is 5.69 Å². The van der Waals surface area contributed by atoms with E-state index in [1.807, 2.05) is 66.2 Å². The molecule has 0 radical (unpaired) electrons. The number of nitrogens with one attached hydrogen (secondary N) is 3. The molecule has 1 unspecified atom stereocenters. The summed E-state index contributed by atoms with van der Waals surface area (Å²) in [6, 6.07) is 17.4. The highest BCUT2D eigenvalue weighted by atomic mass is 35.5. The fourth-order valence-electron chi connectivity index (χ4n) is 3.91.